The van der Waals surface area contributed by atoms with Crippen LogP contribution < -0.4 is 5.32 Å². The van der Waals surface area contributed by atoms with Crippen LogP contribution in [0.4, 0.5) is 11.5 Å². The van der Waals surface area contributed by atoms with Crippen molar-refractivity contribution < 1.29 is 0 Å². The van der Waals surface area contributed by atoms with Crippen LogP contribution in [-0.4, -0.2) is 16.2 Å². The highest BCUT2D eigenvalue weighted by Crippen LogP contribution is 2.31. The largest absolute Gasteiger partial charge is 0.339 e. The molecule has 7 heteroatoms. The van der Waals surface area contributed by atoms with Crippen molar-refractivity contribution in [1.29, 1.82) is 5.26 Å². The Morgan fingerprint density at radius 3 is 2.44 bits per heavy atom. The summed E-state index contributed by atoms with van der Waals surface area (Å²) in [4.78, 5) is 8.95. The Morgan fingerprint density at radius 2 is 1.80 bits per heavy atom. The standard InChI is InChI=1S/C18H12Cl2N4S/c1-25-18-23-16(11-5-3-2-4-6-11)13(10-21)17(24-18)22-12-7-8-14(19)15(20)9-12/h2-9H,1H3,(H,22,23,24). The molecule has 3 rings (SSSR count). The van der Waals surface area contributed by atoms with E-state index in [4.69, 9.17) is 23.2 Å². The summed E-state index contributed by atoms with van der Waals surface area (Å²) in [7, 11) is 0. The van der Waals surface area contributed by atoms with E-state index in [0.717, 1.165) is 5.56 Å². The SMILES string of the molecule is CSc1nc(Nc2ccc(Cl)c(Cl)c2)c(C#N)c(-c2ccccc2)n1. The van der Waals surface area contributed by atoms with Gasteiger partial charge in [-0.1, -0.05) is 65.3 Å². The summed E-state index contributed by atoms with van der Waals surface area (Å²) in [6.07, 6.45) is 1.89. The lowest BCUT2D eigenvalue weighted by Gasteiger charge is -2.12. The molecule has 2 aromatic carbocycles. The van der Waals surface area contributed by atoms with Gasteiger partial charge in [0.05, 0.1) is 15.7 Å². The van der Waals surface area contributed by atoms with E-state index in [0.29, 0.717) is 38.0 Å². The van der Waals surface area contributed by atoms with Crippen LogP contribution in [-0.2, 0) is 0 Å². The Labute approximate surface area is 159 Å². The Balaban J connectivity index is 2.12. The van der Waals surface area contributed by atoms with E-state index in [1.165, 1.54) is 11.8 Å². The average Bonchev–Trinajstić information content (AvgIpc) is 2.64. The summed E-state index contributed by atoms with van der Waals surface area (Å²) in [6.45, 7) is 0. The predicted molar refractivity (Wildman–Crippen MR) is 104 cm³/mol. The molecule has 1 N–H and O–H groups in total. The molecule has 0 fully saturated rings. The van der Waals surface area contributed by atoms with Gasteiger partial charge in [0.2, 0.25) is 0 Å². The summed E-state index contributed by atoms with van der Waals surface area (Å²) in [5, 5.41) is 14.3. The fourth-order valence-corrected chi connectivity index (χ4v) is 2.91. The topological polar surface area (TPSA) is 61.6 Å². The molecule has 0 atom stereocenters. The minimum Gasteiger partial charge on any atom is -0.339 e. The molecule has 0 bridgehead atoms. The number of benzene rings is 2. The van der Waals surface area contributed by atoms with Crippen LogP contribution >= 0.6 is 35.0 Å². The lowest BCUT2D eigenvalue weighted by Crippen LogP contribution is -2.03. The summed E-state index contributed by atoms with van der Waals surface area (Å²) >= 11 is 13.4. The minimum atomic E-state index is 0.370. The zero-order chi connectivity index (χ0) is 17.8. The van der Waals surface area contributed by atoms with Crippen LogP contribution in [0.15, 0.2) is 53.7 Å². The molecule has 0 amide bonds. The van der Waals surface area contributed by atoms with Gasteiger partial charge in [-0.05, 0) is 24.5 Å². The molecule has 25 heavy (non-hydrogen) atoms. The number of halogens is 2. The van der Waals surface area contributed by atoms with Gasteiger partial charge in [-0.3, -0.25) is 0 Å². The van der Waals surface area contributed by atoms with E-state index in [2.05, 4.69) is 21.4 Å². The Bertz CT molecular complexity index is 955. The molecular weight excluding hydrogens is 375 g/mol. The molecule has 1 heterocycles. The molecule has 124 valence electrons. The van der Waals surface area contributed by atoms with Crippen LogP contribution in [0.25, 0.3) is 11.3 Å². The fourth-order valence-electron chi connectivity index (χ4n) is 2.24. The summed E-state index contributed by atoms with van der Waals surface area (Å²) < 4.78 is 0. The molecule has 1 aromatic heterocycles. The summed E-state index contributed by atoms with van der Waals surface area (Å²) in [6, 6.07) is 16.9. The second kappa shape index (κ2) is 7.75. The maximum Gasteiger partial charge on any atom is 0.189 e. The third-order valence-corrected chi connectivity index (χ3v) is 4.70. The zero-order valence-corrected chi connectivity index (χ0v) is 15.5. The van der Waals surface area contributed by atoms with Crippen molar-refractivity contribution in [3.05, 3.63) is 64.1 Å². The van der Waals surface area contributed by atoms with Gasteiger partial charge in [0.15, 0.2) is 11.0 Å². The van der Waals surface area contributed by atoms with E-state index in [1.807, 2.05) is 36.6 Å². The first-order valence-electron chi connectivity index (χ1n) is 7.26. The first-order chi connectivity index (χ1) is 12.1. The molecule has 3 aromatic rings. The number of hydrogen-bond acceptors (Lipinski definition) is 5. The maximum atomic E-state index is 9.68. The van der Waals surface area contributed by atoms with E-state index in [9.17, 15) is 5.26 Å². The molecule has 0 saturated heterocycles. The van der Waals surface area contributed by atoms with Gasteiger partial charge in [0, 0.05) is 11.3 Å². The van der Waals surface area contributed by atoms with Crippen molar-refractivity contribution >= 4 is 46.5 Å². The van der Waals surface area contributed by atoms with E-state index < -0.39 is 0 Å². The third kappa shape index (κ3) is 3.88. The van der Waals surface area contributed by atoms with Gasteiger partial charge < -0.3 is 5.32 Å². The van der Waals surface area contributed by atoms with Crippen molar-refractivity contribution in [2.45, 2.75) is 5.16 Å². The molecule has 0 spiro atoms. The molecule has 0 aliphatic carbocycles. The average molecular weight is 387 g/mol. The number of anilines is 2. The van der Waals surface area contributed by atoms with Gasteiger partial charge >= 0.3 is 0 Å². The molecular formula is C18H12Cl2N4S. The van der Waals surface area contributed by atoms with Crippen molar-refractivity contribution in [2.24, 2.45) is 0 Å². The van der Waals surface area contributed by atoms with Crippen LogP contribution in [0.1, 0.15) is 5.56 Å². The minimum absolute atomic E-state index is 0.370. The number of nitrogens with zero attached hydrogens (tertiary/aromatic N) is 3. The van der Waals surface area contributed by atoms with Gasteiger partial charge in [-0.2, -0.15) is 5.26 Å². The van der Waals surface area contributed by atoms with Crippen LogP contribution in [0.3, 0.4) is 0 Å². The Hall–Kier alpha value is -2.26. The van der Waals surface area contributed by atoms with E-state index in [-0.39, 0.29) is 0 Å². The maximum absolute atomic E-state index is 9.68. The lowest BCUT2D eigenvalue weighted by molar-refractivity contribution is 0.975. The number of rotatable bonds is 4. The first kappa shape index (κ1) is 17.6. The highest BCUT2D eigenvalue weighted by atomic mass is 35.5. The zero-order valence-electron chi connectivity index (χ0n) is 13.1. The lowest BCUT2D eigenvalue weighted by atomic mass is 10.1. The molecule has 0 aliphatic heterocycles. The van der Waals surface area contributed by atoms with Crippen LogP contribution in [0.2, 0.25) is 10.0 Å². The van der Waals surface area contributed by atoms with Crippen LogP contribution in [0, 0.1) is 11.3 Å². The molecule has 0 radical (unpaired) electrons. The van der Waals surface area contributed by atoms with Gasteiger partial charge in [0.1, 0.15) is 11.6 Å². The second-order valence-electron chi connectivity index (χ2n) is 5.01. The van der Waals surface area contributed by atoms with Gasteiger partial charge in [-0.25, -0.2) is 9.97 Å². The van der Waals surface area contributed by atoms with Crippen LogP contribution in [0.5, 0.6) is 0 Å². The van der Waals surface area contributed by atoms with Crippen molar-refractivity contribution in [3.63, 3.8) is 0 Å². The molecule has 0 saturated carbocycles. The monoisotopic (exact) mass is 386 g/mol. The molecule has 4 nitrogen and oxygen atoms in total. The van der Waals surface area contributed by atoms with E-state index >= 15 is 0 Å². The third-order valence-electron chi connectivity index (χ3n) is 3.41. The number of nitrogens with one attached hydrogen (secondary N) is 1. The highest BCUT2D eigenvalue weighted by molar-refractivity contribution is 7.98. The number of nitriles is 1. The molecule has 0 unspecified atom stereocenters. The number of thioether (sulfide) groups is 1. The quantitative estimate of drug-likeness (QED) is 0.454. The fraction of sp³-hybridized carbons (Fsp3) is 0.0556. The molecule has 0 aliphatic rings. The Morgan fingerprint density at radius 1 is 1.04 bits per heavy atom. The van der Waals surface area contributed by atoms with E-state index in [1.54, 1.807) is 18.2 Å². The smallest absolute Gasteiger partial charge is 0.189 e. The number of hydrogen-bond donors (Lipinski definition) is 1. The summed E-state index contributed by atoms with van der Waals surface area (Å²) in [5.41, 5.74) is 2.50. The van der Waals surface area contributed by atoms with Crippen molar-refractivity contribution in [3.8, 4) is 17.3 Å². The summed E-state index contributed by atoms with van der Waals surface area (Å²) in [5.74, 6) is 0.430. The second-order valence-corrected chi connectivity index (χ2v) is 6.60. The normalized spacial score (nSPS) is 10.3. The highest BCUT2D eigenvalue weighted by Gasteiger charge is 2.16. The Kier molecular flexibility index (Phi) is 5.44. The number of aromatic nitrogens is 2. The van der Waals surface area contributed by atoms with Crippen molar-refractivity contribution in [1.82, 2.24) is 9.97 Å². The van der Waals surface area contributed by atoms with Crippen molar-refractivity contribution in [2.75, 3.05) is 11.6 Å². The predicted octanol–water partition coefficient (Wildman–Crippen LogP) is 5.79. The first-order valence-corrected chi connectivity index (χ1v) is 9.24. The van der Waals surface area contributed by atoms with Gasteiger partial charge in [-0.15, -0.1) is 0 Å². The van der Waals surface area contributed by atoms with Gasteiger partial charge in [0.25, 0.3) is 0 Å².